The first kappa shape index (κ1) is 13.5. The lowest BCUT2D eigenvalue weighted by atomic mass is 10.0. The van der Waals surface area contributed by atoms with E-state index in [0.717, 1.165) is 18.9 Å². The molecule has 0 aromatic carbocycles. The maximum Gasteiger partial charge on any atom is 0.323 e. The molecule has 1 saturated carbocycles. The molecule has 1 fully saturated rings. The van der Waals surface area contributed by atoms with Gasteiger partial charge in [-0.15, -0.1) is 0 Å². The van der Waals surface area contributed by atoms with Crippen LogP contribution in [0.4, 0.5) is 0 Å². The van der Waals surface area contributed by atoms with E-state index in [4.69, 9.17) is 9.84 Å². The number of aliphatic carboxylic acids is 1. The molecule has 2 N–H and O–H groups in total. The monoisotopic (exact) mass is 229 g/mol. The first-order valence-corrected chi connectivity index (χ1v) is 6.19. The highest BCUT2D eigenvalue weighted by Gasteiger charge is 2.17. The van der Waals surface area contributed by atoms with Gasteiger partial charge in [0.05, 0.1) is 6.61 Å². The topological polar surface area (TPSA) is 58.6 Å². The zero-order valence-electron chi connectivity index (χ0n) is 10.1. The second-order valence-electron chi connectivity index (χ2n) is 4.59. The molecular weight excluding hydrogens is 206 g/mol. The summed E-state index contributed by atoms with van der Waals surface area (Å²) in [4.78, 5) is 10.8. The van der Waals surface area contributed by atoms with Gasteiger partial charge >= 0.3 is 5.97 Å². The summed E-state index contributed by atoms with van der Waals surface area (Å²) < 4.78 is 4.85. The molecule has 1 unspecified atom stereocenters. The van der Waals surface area contributed by atoms with Crippen LogP contribution in [0, 0.1) is 5.92 Å². The second kappa shape index (κ2) is 7.63. The van der Waals surface area contributed by atoms with Crippen molar-refractivity contribution >= 4 is 5.97 Å². The van der Waals surface area contributed by atoms with Gasteiger partial charge in [0, 0.05) is 7.11 Å². The van der Waals surface area contributed by atoms with Crippen molar-refractivity contribution in [1.82, 2.24) is 5.32 Å². The molecule has 1 rings (SSSR count). The van der Waals surface area contributed by atoms with Gasteiger partial charge in [0.1, 0.15) is 6.04 Å². The molecule has 0 aliphatic heterocycles. The van der Waals surface area contributed by atoms with Gasteiger partial charge in [-0.2, -0.15) is 0 Å². The molecule has 94 valence electrons. The van der Waals surface area contributed by atoms with Gasteiger partial charge in [0.25, 0.3) is 0 Å². The fraction of sp³-hybridized carbons (Fsp3) is 0.917. The third-order valence-electron chi connectivity index (χ3n) is 3.29. The molecular formula is C12H23NO3. The number of carbonyl (C=O) groups is 1. The summed E-state index contributed by atoms with van der Waals surface area (Å²) in [6.45, 7) is 1.01. The van der Waals surface area contributed by atoms with Gasteiger partial charge in [-0.3, -0.25) is 4.79 Å². The predicted octanol–water partition coefficient (Wildman–Crippen LogP) is 1.65. The highest BCUT2D eigenvalue weighted by molar-refractivity contribution is 5.73. The number of nitrogens with one attached hydrogen (secondary N) is 1. The van der Waals surface area contributed by atoms with E-state index >= 15 is 0 Å². The molecule has 4 nitrogen and oxygen atoms in total. The van der Waals surface area contributed by atoms with Crippen LogP contribution >= 0.6 is 0 Å². The first-order chi connectivity index (χ1) is 7.74. The van der Waals surface area contributed by atoms with Crippen LogP contribution in [0.1, 0.15) is 38.5 Å². The Balaban J connectivity index is 2.05. The summed E-state index contributed by atoms with van der Waals surface area (Å²) in [6, 6.07) is -0.562. The lowest BCUT2D eigenvalue weighted by Gasteiger charge is -2.14. The maximum absolute atomic E-state index is 10.8. The molecule has 0 amide bonds. The largest absolute Gasteiger partial charge is 0.480 e. The van der Waals surface area contributed by atoms with E-state index in [1.165, 1.54) is 39.2 Å². The van der Waals surface area contributed by atoms with Gasteiger partial charge in [-0.25, -0.2) is 0 Å². The third kappa shape index (κ3) is 4.94. The van der Waals surface area contributed by atoms with E-state index in [-0.39, 0.29) is 6.61 Å². The van der Waals surface area contributed by atoms with Crippen LogP contribution in [0.15, 0.2) is 0 Å². The Kier molecular flexibility index (Phi) is 6.42. The van der Waals surface area contributed by atoms with Crippen molar-refractivity contribution in [3.63, 3.8) is 0 Å². The van der Waals surface area contributed by atoms with Crippen molar-refractivity contribution in [2.75, 3.05) is 20.3 Å². The molecule has 0 saturated heterocycles. The Hall–Kier alpha value is -0.610. The molecule has 1 aliphatic carbocycles. The summed E-state index contributed by atoms with van der Waals surface area (Å²) in [5.74, 6) is 0.0511. The van der Waals surface area contributed by atoms with E-state index in [0.29, 0.717) is 0 Å². The number of methoxy groups -OCH3 is 1. The Morgan fingerprint density at radius 2 is 2.19 bits per heavy atom. The first-order valence-electron chi connectivity index (χ1n) is 6.19. The van der Waals surface area contributed by atoms with E-state index in [1.54, 1.807) is 0 Å². The minimum atomic E-state index is -0.831. The van der Waals surface area contributed by atoms with E-state index in [2.05, 4.69) is 5.32 Å². The van der Waals surface area contributed by atoms with Crippen LogP contribution in [-0.2, 0) is 9.53 Å². The summed E-state index contributed by atoms with van der Waals surface area (Å²) in [6.07, 6.45) is 7.77. The molecule has 0 spiro atoms. The molecule has 0 aromatic heterocycles. The fourth-order valence-corrected chi connectivity index (χ4v) is 2.35. The van der Waals surface area contributed by atoms with Crippen molar-refractivity contribution in [2.24, 2.45) is 5.92 Å². The molecule has 4 heteroatoms. The number of ether oxygens (including phenoxy) is 1. The number of rotatable bonds is 8. The summed E-state index contributed by atoms with van der Waals surface area (Å²) >= 11 is 0. The molecule has 0 bridgehead atoms. The minimum absolute atomic E-state index is 0.235. The molecule has 0 radical (unpaired) electrons. The van der Waals surface area contributed by atoms with Gasteiger partial charge in [0.15, 0.2) is 0 Å². The van der Waals surface area contributed by atoms with Gasteiger partial charge in [0.2, 0.25) is 0 Å². The number of carboxylic acid groups (broad SMARTS) is 1. The van der Waals surface area contributed by atoms with Crippen molar-refractivity contribution in [1.29, 1.82) is 0 Å². The predicted molar refractivity (Wildman–Crippen MR) is 62.5 cm³/mol. The Morgan fingerprint density at radius 1 is 1.50 bits per heavy atom. The average Bonchev–Trinajstić information content (AvgIpc) is 2.75. The minimum Gasteiger partial charge on any atom is -0.480 e. The van der Waals surface area contributed by atoms with Gasteiger partial charge in [-0.1, -0.05) is 25.7 Å². The van der Waals surface area contributed by atoms with Crippen LogP contribution in [0.25, 0.3) is 0 Å². The zero-order chi connectivity index (χ0) is 11.8. The third-order valence-corrected chi connectivity index (χ3v) is 3.29. The van der Waals surface area contributed by atoms with Crippen LogP contribution in [0.3, 0.4) is 0 Å². The molecule has 16 heavy (non-hydrogen) atoms. The molecule has 0 aromatic rings. The Labute approximate surface area is 97.4 Å². The average molecular weight is 229 g/mol. The second-order valence-corrected chi connectivity index (χ2v) is 4.59. The smallest absolute Gasteiger partial charge is 0.323 e. The van der Waals surface area contributed by atoms with Gasteiger partial charge in [-0.05, 0) is 25.3 Å². The Bertz CT molecular complexity index is 202. The molecule has 1 atom stereocenters. The van der Waals surface area contributed by atoms with Crippen molar-refractivity contribution in [2.45, 2.75) is 44.6 Å². The van der Waals surface area contributed by atoms with Crippen molar-refractivity contribution in [3.05, 3.63) is 0 Å². The van der Waals surface area contributed by atoms with Crippen LogP contribution in [0.5, 0.6) is 0 Å². The highest BCUT2D eigenvalue weighted by Crippen LogP contribution is 2.28. The number of hydrogen-bond acceptors (Lipinski definition) is 3. The summed E-state index contributed by atoms with van der Waals surface area (Å²) in [7, 11) is 1.52. The van der Waals surface area contributed by atoms with Crippen LogP contribution in [0.2, 0.25) is 0 Å². The van der Waals surface area contributed by atoms with E-state index < -0.39 is 12.0 Å². The van der Waals surface area contributed by atoms with Crippen molar-refractivity contribution < 1.29 is 14.6 Å². The van der Waals surface area contributed by atoms with Crippen LogP contribution in [-0.4, -0.2) is 37.4 Å². The summed E-state index contributed by atoms with van der Waals surface area (Å²) in [5, 5.41) is 11.9. The van der Waals surface area contributed by atoms with Crippen molar-refractivity contribution in [3.8, 4) is 0 Å². The number of hydrogen-bond donors (Lipinski definition) is 2. The highest BCUT2D eigenvalue weighted by atomic mass is 16.5. The SMILES string of the molecule is COCC(NCCCC1CCCC1)C(=O)O. The lowest BCUT2D eigenvalue weighted by Crippen LogP contribution is -2.40. The van der Waals surface area contributed by atoms with E-state index in [9.17, 15) is 4.79 Å². The standard InChI is InChI=1S/C12H23NO3/c1-16-9-11(12(14)15)13-8-4-7-10-5-2-3-6-10/h10-11,13H,2-9H2,1H3,(H,14,15). The van der Waals surface area contributed by atoms with Crippen LogP contribution < -0.4 is 5.32 Å². The van der Waals surface area contributed by atoms with Gasteiger partial charge < -0.3 is 15.2 Å². The normalized spacial score (nSPS) is 18.8. The van der Waals surface area contributed by atoms with E-state index in [1.807, 2.05) is 0 Å². The fourth-order valence-electron chi connectivity index (χ4n) is 2.35. The summed E-state index contributed by atoms with van der Waals surface area (Å²) in [5.41, 5.74) is 0. The molecule has 0 heterocycles. The quantitative estimate of drug-likeness (QED) is 0.621. The Morgan fingerprint density at radius 3 is 2.75 bits per heavy atom. The maximum atomic E-state index is 10.8. The zero-order valence-corrected chi connectivity index (χ0v) is 10.1. The molecule has 1 aliphatic rings. The number of carboxylic acids is 1. The lowest BCUT2D eigenvalue weighted by molar-refractivity contribution is -0.140.